The normalized spacial score (nSPS) is 12.1. The van der Waals surface area contributed by atoms with E-state index in [9.17, 15) is 4.79 Å². The minimum atomic E-state index is -0.205. The molecule has 0 aromatic carbocycles. The lowest BCUT2D eigenvalue weighted by atomic mass is 9.92. The molecule has 0 unspecified atom stereocenters. The van der Waals surface area contributed by atoms with Crippen LogP contribution in [-0.2, 0) is 4.79 Å². The Balaban J connectivity index is 4.23. The highest BCUT2D eigenvalue weighted by Crippen LogP contribution is 2.32. The summed E-state index contributed by atoms with van der Waals surface area (Å²) in [5.41, 5.74) is -0.205. The average Bonchev–Trinajstić information content (AvgIpc) is 2.25. The van der Waals surface area contributed by atoms with Crippen molar-refractivity contribution in [1.82, 2.24) is 0 Å². The number of hydrogen-bond acceptors (Lipinski definition) is 3. The SMILES string of the molecule is CCCCSC(SCCCC)C(=O)C(C)(C)C. The first-order chi connectivity index (χ1) is 7.93. The lowest BCUT2D eigenvalue weighted by Gasteiger charge is -2.24. The van der Waals surface area contributed by atoms with Crippen molar-refractivity contribution in [1.29, 1.82) is 0 Å². The zero-order chi connectivity index (χ0) is 13.3. The molecule has 0 aliphatic carbocycles. The van der Waals surface area contributed by atoms with Gasteiger partial charge in [0.25, 0.3) is 0 Å². The Labute approximate surface area is 116 Å². The molecular weight excluding hydrogens is 248 g/mol. The van der Waals surface area contributed by atoms with Gasteiger partial charge in [-0.25, -0.2) is 0 Å². The maximum atomic E-state index is 12.3. The van der Waals surface area contributed by atoms with Crippen LogP contribution >= 0.6 is 23.5 Å². The Morgan fingerprint density at radius 2 is 1.41 bits per heavy atom. The average molecular weight is 277 g/mol. The number of Topliss-reactive ketones (excluding diaryl/α,β-unsaturated/α-hetero) is 1. The van der Waals surface area contributed by atoms with Gasteiger partial charge in [0.2, 0.25) is 0 Å². The molecule has 0 N–H and O–H groups in total. The molecule has 0 saturated heterocycles. The summed E-state index contributed by atoms with van der Waals surface area (Å²) in [6.45, 7) is 10.5. The topological polar surface area (TPSA) is 17.1 Å². The molecule has 0 saturated carbocycles. The zero-order valence-electron chi connectivity index (χ0n) is 12.0. The van der Waals surface area contributed by atoms with E-state index in [0.29, 0.717) is 5.78 Å². The lowest BCUT2D eigenvalue weighted by Crippen LogP contribution is -2.29. The fraction of sp³-hybridized carbons (Fsp3) is 0.929. The molecule has 0 aliphatic heterocycles. The fourth-order valence-corrected chi connectivity index (χ4v) is 4.53. The molecular formula is C14H28OS2. The van der Waals surface area contributed by atoms with E-state index in [4.69, 9.17) is 0 Å². The highest BCUT2D eigenvalue weighted by atomic mass is 32.2. The van der Waals surface area contributed by atoms with Gasteiger partial charge in [0.05, 0.1) is 0 Å². The van der Waals surface area contributed by atoms with Crippen LogP contribution < -0.4 is 0 Å². The molecule has 0 bridgehead atoms. The van der Waals surface area contributed by atoms with Crippen LogP contribution in [0, 0.1) is 5.41 Å². The van der Waals surface area contributed by atoms with Gasteiger partial charge in [-0.1, -0.05) is 47.5 Å². The van der Waals surface area contributed by atoms with Crippen molar-refractivity contribution >= 4 is 29.3 Å². The van der Waals surface area contributed by atoms with Crippen molar-refractivity contribution < 1.29 is 4.79 Å². The monoisotopic (exact) mass is 276 g/mol. The Bertz CT molecular complexity index is 199. The standard InChI is InChI=1S/C14H28OS2/c1-6-8-10-16-13(17-11-9-7-2)12(15)14(3,4)5/h13H,6-11H2,1-5H3. The molecule has 102 valence electrons. The van der Waals surface area contributed by atoms with Gasteiger partial charge in [0, 0.05) is 5.41 Å². The van der Waals surface area contributed by atoms with Crippen LogP contribution in [0.4, 0.5) is 0 Å². The molecule has 0 aliphatic rings. The predicted molar refractivity (Wildman–Crippen MR) is 83.0 cm³/mol. The van der Waals surface area contributed by atoms with E-state index >= 15 is 0 Å². The third kappa shape index (κ3) is 8.15. The summed E-state index contributed by atoms with van der Waals surface area (Å²) >= 11 is 3.69. The fourth-order valence-electron chi connectivity index (χ4n) is 1.22. The number of ketones is 1. The number of unbranched alkanes of at least 4 members (excludes halogenated alkanes) is 2. The summed E-state index contributed by atoms with van der Waals surface area (Å²) in [7, 11) is 0. The Morgan fingerprint density at radius 3 is 1.71 bits per heavy atom. The molecule has 0 atom stereocenters. The minimum absolute atomic E-state index is 0.146. The van der Waals surface area contributed by atoms with Crippen LogP contribution in [0.5, 0.6) is 0 Å². The molecule has 17 heavy (non-hydrogen) atoms. The van der Waals surface area contributed by atoms with Crippen molar-refractivity contribution in [3.8, 4) is 0 Å². The third-order valence-corrected chi connectivity index (χ3v) is 5.39. The van der Waals surface area contributed by atoms with Gasteiger partial charge >= 0.3 is 0 Å². The van der Waals surface area contributed by atoms with Crippen molar-refractivity contribution in [2.24, 2.45) is 5.41 Å². The van der Waals surface area contributed by atoms with Crippen LogP contribution in [0.25, 0.3) is 0 Å². The van der Waals surface area contributed by atoms with Crippen LogP contribution in [0.3, 0.4) is 0 Å². The molecule has 0 aromatic rings. The maximum absolute atomic E-state index is 12.3. The van der Waals surface area contributed by atoms with E-state index in [1.165, 1.54) is 25.7 Å². The largest absolute Gasteiger partial charge is 0.297 e. The van der Waals surface area contributed by atoms with Crippen molar-refractivity contribution in [2.75, 3.05) is 11.5 Å². The van der Waals surface area contributed by atoms with Gasteiger partial charge in [0.1, 0.15) is 4.58 Å². The smallest absolute Gasteiger partial charge is 0.161 e. The van der Waals surface area contributed by atoms with Crippen LogP contribution in [0.15, 0.2) is 0 Å². The van der Waals surface area contributed by atoms with E-state index in [1.807, 2.05) is 44.3 Å². The van der Waals surface area contributed by atoms with Crippen LogP contribution in [-0.4, -0.2) is 21.9 Å². The number of rotatable bonds is 9. The quantitative estimate of drug-likeness (QED) is 0.436. The number of carbonyl (C=O) groups excluding carboxylic acids is 1. The summed E-state index contributed by atoms with van der Waals surface area (Å²) in [6.07, 6.45) is 4.85. The highest BCUT2D eigenvalue weighted by Gasteiger charge is 2.29. The third-order valence-electron chi connectivity index (χ3n) is 2.49. The molecule has 3 heteroatoms. The van der Waals surface area contributed by atoms with E-state index in [0.717, 1.165) is 11.5 Å². The molecule has 0 radical (unpaired) electrons. The van der Waals surface area contributed by atoms with Crippen molar-refractivity contribution in [3.05, 3.63) is 0 Å². The van der Waals surface area contributed by atoms with E-state index in [-0.39, 0.29) is 10.00 Å². The second kappa shape index (κ2) is 9.32. The highest BCUT2D eigenvalue weighted by molar-refractivity contribution is 8.18. The molecule has 0 spiro atoms. The molecule has 1 nitrogen and oxygen atoms in total. The summed E-state index contributed by atoms with van der Waals surface area (Å²) in [5.74, 6) is 2.63. The van der Waals surface area contributed by atoms with Crippen molar-refractivity contribution in [2.45, 2.75) is 64.9 Å². The van der Waals surface area contributed by atoms with Gasteiger partial charge < -0.3 is 0 Å². The maximum Gasteiger partial charge on any atom is 0.161 e. The molecule has 0 heterocycles. The van der Waals surface area contributed by atoms with E-state index < -0.39 is 0 Å². The van der Waals surface area contributed by atoms with Crippen LogP contribution in [0.1, 0.15) is 60.3 Å². The van der Waals surface area contributed by atoms with Gasteiger partial charge in [0.15, 0.2) is 5.78 Å². The molecule has 0 aromatic heterocycles. The number of carbonyl (C=O) groups is 1. The zero-order valence-corrected chi connectivity index (χ0v) is 13.7. The molecule has 0 fully saturated rings. The van der Waals surface area contributed by atoms with Gasteiger partial charge in [-0.05, 0) is 24.3 Å². The minimum Gasteiger partial charge on any atom is -0.297 e. The number of thioether (sulfide) groups is 2. The van der Waals surface area contributed by atoms with Gasteiger partial charge in [-0.2, -0.15) is 0 Å². The lowest BCUT2D eigenvalue weighted by molar-refractivity contribution is -0.124. The molecule has 0 rings (SSSR count). The Hall–Kier alpha value is 0.370. The first kappa shape index (κ1) is 17.4. The predicted octanol–water partition coefficient (Wildman–Crippen LogP) is 4.99. The summed E-state index contributed by atoms with van der Waals surface area (Å²) in [6, 6.07) is 0. The van der Waals surface area contributed by atoms with Crippen molar-refractivity contribution in [3.63, 3.8) is 0 Å². The summed E-state index contributed by atoms with van der Waals surface area (Å²) in [4.78, 5) is 12.3. The second-order valence-corrected chi connectivity index (χ2v) is 8.12. The summed E-state index contributed by atoms with van der Waals surface area (Å²) < 4.78 is 0.146. The Morgan fingerprint density at radius 1 is 1.00 bits per heavy atom. The summed E-state index contributed by atoms with van der Waals surface area (Å²) in [5, 5.41) is 0. The molecule has 0 amide bonds. The number of hydrogen-bond donors (Lipinski definition) is 0. The first-order valence-corrected chi connectivity index (χ1v) is 8.80. The second-order valence-electron chi connectivity index (χ2n) is 5.39. The Kier molecular flexibility index (Phi) is 9.52. The van der Waals surface area contributed by atoms with E-state index in [2.05, 4.69) is 13.8 Å². The van der Waals surface area contributed by atoms with Crippen LogP contribution in [0.2, 0.25) is 0 Å². The van der Waals surface area contributed by atoms with E-state index in [1.54, 1.807) is 0 Å². The van der Waals surface area contributed by atoms with Gasteiger partial charge in [-0.15, -0.1) is 23.5 Å². The first-order valence-electron chi connectivity index (χ1n) is 6.71. The van der Waals surface area contributed by atoms with Gasteiger partial charge in [-0.3, -0.25) is 4.79 Å².